The number of hydrogen-bond donors (Lipinski definition) is 1. The van der Waals surface area contributed by atoms with Gasteiger partial charge in [0.25, 0.3) is 0 Å². The van der Waals surface area contributed by atoms with Crippen molar-refractivity contribution in [3.8, 4) is 0 Å². The third kappa shape index (κ3) is 2.94. The van der Waals surface area contributed by atoms with Crippen LogP contribution in [0.1, 0.15) is 20.3 Å². The topological polar surface area (TPSA) is 47.7 Å². The summed E-state index contributed by atoms with van der Waals surface area (Å²) in [6.45, 7) is 8.91. The molecule has 0 saturated carbocycles. The smallest absolute Gasteiger partial charge is 0.0674 e. The molecule has 4 nitrogen and oxygen atoms in total. The molecule has 94 valence electrons. The molecule has 4 unspecified atom stereocenters. The maximum atomic E-state index is 6.14. The van der Waals surface area contributed by atoms with Crippen molar-refractivity contribution in [2.75, 3.05) is 32.9 Å². The molecule has 0 aromatic carbocycles. The molecule has 2 saturated heterocycles. The van der Waals surface area contributed by atoms with E-state index in [4.69, 9.17) is 15.2 Å². The van der Waals surface area contributed by atoms with Gasteiger partial charge in [-0.05, 0) is 20.3 Å². The van der Waals surface area contributed by atoms with Crippen molar-refractivity contribution >= 4 is 0 Å². The van der Waals surface area contributed by atoms with Crippen LogP contribution in [-0.4, -0.2) is 56.0 Å². The lowest BCUT2D eigenvalue weighted by molar-refractivity contribution is -0.0653. The van der Waals surface area contributed by atoms with Gasteiger partial charge >= 0.3 is 0 Å². The van der Waals surface area contributed by atoms with E-state index in [2.05, 4.69) is 18.7 Å². The standard InChI is InChI=1S/C12H24N2O2/c1-9-7-16-10(2)5-14(9)6-11-8-15-4-3-12(11)13/h9-12H,3-8,13H2,1-2H3. The van der Waals surface area contributed by atoms with E-state index in [1.165, 1.54) is 0 Å². The Labute approximate surface area is 98.1 Å². The van der Waals surface area contributed by atoms with Crippen LogP contribution in [0, 0.1) is 5.92 Å². The minimum Gasteiger partial charge on any atom is -0.381 e. The van der Waals surface area contributed by atoms with Crippen LogP contribution < -0.4 is 5.73 Å². The fourth-order valence-electron chi connectivity index (χ4n) is 2.53. The van der Waals surface area contributed by atoms with Gasteiger partial charge in [0.15, 0.2) is 0 Å². The second-order valence-corrected chi connectivity index (χ2v) is 5.23. The summed E-state index contributed by atoms with van der Waals surface area (Å²) >= 11 is 0. The molecule has 0 spiro atoms. The first kappa shape index (κ1) is 12.3. The molecule has 16 heavy (non-hydrogen) atoms. The summed E-state index contributed by atoms with van der Waals surface area (Å²) in [7, 11) is 0. The van der Waals surface area contributed by atoms with E-state index >= 15 is 0 Å². The highest BCUT2D eigenvalue weighted by atomic mass is 16.5. The number of nitrogens with zero attached hydrogens (tertiary/aromatic N) is 1. The highest BCUT2D eigenvalue weighted by Crippen LogP contribution is 2.18. The predicted molar refractivity (Wildman–Crippen MR) is 63.4 cm³/mol. The third-order valence-electron chi connectivity index (χ3n) is 3.74. The average Bonchev–Trinajstić information content (AvgIpc) is 2.27. The quantitative estimate of drug-likeness (QED) is 0.746. The second kappa shape index (κ2) is 5.45. The van der Waals surface area contributed by atoms with Crippen LogP contribution in [0.15, 0.2) is 0 Å². The first-order valence-electron chi connectivity index (χ1n) is 6.35. The normalized spacial score (nSPS) is 42.2. The van der Waals surface area contributed by atoms with Crippen molar-refractivity contribution in [1.82, 2.24) is 4.90 Å². The summed E-state index contributed by atoms with van der Waals surface area (Å²) in [6, 6.07) is 0.810. The molecule has 2 aliphatic heterocycles. The Bertz CT molecular complexity index is 225. The molecule has 0 radical (unpaired) electrons. The number of nitrogens with two attached hydrogens (primary N) is 1. The molecule has 0 aromatic rings. The van der Waals surface area contributed by atoms with Crippen LogP contribution in [0.4, 0.5) is 0 Å². The van der Waals surface area contributed by atoms with Gasteiger partial charge in [-0.25, -0.2) is 0 Å². The van der Waals surface area contributed by atoms with Crippen molar-refractivity contribution in [1.29, 1.82) is 0 Å². The predicted octanol–water partition coefficient (Wildman–Crippen LogP) is 0.459. The fraction of sp³-hybridized carbons (Fsp3) is 1.00. The van der Waals surface area contributed by atoms with Gasteiger partial charge in [-0.2, -0.15) is 0 Å². The molecule has 2 heterocycles. The molecular formula is C12H24N2O2. The van der Waals surface area contributed by atoms with E-state index in [1.54, 1.807) is 0 Å². The third-order valence-corrected chi connectivity index (χ3v) is 3.74. The van der Waals surface area contributed by atoms with Gasteiger partial charge in [0.2, 0.25) is 0 Å². The maximum Gasteiger partial charge on any atom is 0.0674 e. The second-order valence-electron chi connectivity index (χ2n) is 5.23. The summed E-state index contributed by atoms with van der Waals surface area (Å²) in [5.74, 6) is 0.487. The number of morpholine rings is 1. The lowest BCUT2D eigenvalue weighted by Crippen LogP contribution is -2.53. The van der Waals surface area contributed by atoms with Crippen molar-refractivity contribution in [2.45, 2.75) is 38.5 Å². The van der Waals surface area contributed by atoms with E-state index in [9.17, 15) is 0 Å². The molecule has 2 N–H and O–H groups in total. The summed E-state index contributed by atoms with van der Waals surface area (Å²) < 4.78 is 11.2. The van der Waals surface area contributed by atoms with E-state index in [0.29, 0.717) is 24.1 Å². The maximum absolute atomic E-state index is 6.14. The Morgan fingerprint density at radius 3 is 2.88 bits per heavy atom. The summed E-state index contributed by atoms with van der Waals surface area (Å²) in [4.78, 5) is 2.49. The molecule has 0 amide bonds. The molecule has 2 rings (SSSR count). The number of ether oxygens (including phenoxy) is 2. The highest BCUT2D eigenvalue weighted by molar-refractivity contribution is 4.83. The summed E-state index contributed by atoms with van der Waals surface area (Å²) in [5.41, 5.74) is 6.14. The molecule has 4 atom stereocenters. The first-order chi connectivity index (χ1) is 7.66. The minimum atomic E-state index is 0.305. The monoisotopic (exact) mass is 228 g/mol. The minimum absolute atomic E-state index is 0.305. The van der Waals surface area contributed by atoms with Gasteiger partial charge in [0, 0.05) is 37.7 Å². The van der Waals surface area contributed by atoms with E-state index in [1.807, 2.05) is 0 Å². The largest absolute Gasteiger partial charge is 0.381 e. The SMILES string of the molecule is CC1CN(CC2COCCC2N)C(C)CO1. The van der Waals surface area contributed by atoms with Crippen LogP contribution in [0.3, 0.4) is 0 Å². The summed E-state index contributed by atoms with van der Waals surface area (Å²) in [5, 5.41) is 0. The zero-order valence-electron chi connectivity index (χ0n) is 10.4. The van der Waals surface area contributed by atoms with E-state index < -0.39 is 0 Å². The van der Waals surface area contributed by atoms with E-state index in [-0.39, 0.29) is 0 Å². The molecule has 0 aliphatic carbocycles. The van der Waals surface area contributed by atoms with Gasteiger partial charge in [-0.3, -0.25) is 4.90 Å². The fourth-order valence-corrected chi connectivity index (χ4v) is 2.53. The Morgan fingerprint density at radius 2 is 2.12 bits per heavy atom. The zero-order valence-corrected chi connectivity index (χ0v) is 10.4. The van der Waals surface area contributed by atoms with Crippen LogP contribution in [0.2, 0.25) is 0 Å². The zero-order chi connectivity index (χ0) is 11.5. The van der Waals surface area contributed by atoms with Gasteiger partial charge in [0.05, 0.1) is 19.3 Å². The van der Waals surface area contributed by atoms with E-state index in [0.717, 1.165) is 39.3 Å². The van der Waals surface area contributed by atoms with Gasteiger partial charge in [-0.1, -0.05) is 0 Å². The van der Waals surface area contributed by atoms with Crippen LogP contribution in [0.25, 0.3) is 0 Å². The van der Waals surface area contributed by atoms with Crippen molar-refractivity contribution in [3.05, 3.63) is 0 Å². The average molecular weight is 228 g/mol. The molecule has 2 fully saturated rings. The Kier molecular flexibility index (Phi) is 4.19. The lowest BCUT2D eigenvalue weighted by Gasteiger charge is -2.40. The van der Waals surface area contributed by atoms with Gasteiger partial charge in [-0.15, -0.1) is 0 Å². The molecule has 4 heteroatoms. The van der Waals surface area contributed by atoms with Crippen molar-refractivity contribution in [2.24, 2.45) is 11.7 Å². The highest BCUT2D eigenvalue weighted by Gasteiger charge is 2.29. The number of rotatable bonds is 2. The molecule has 2 aliphatic rings. The lowest BCUT2D eigenvalue weighted by atomic mass is 9.95. The van der Waals surface area contributed by atoms with Gasteiger partial charge in [0.1, 0.15) is 0 Å². The van der Waals surface area contributed by atoms with Crippen molar-refractivity contribution < 1.29 is 9.47 Å². The van der Waals surface area contributed by atoms with Gasteiger partial charge < -0.3 is 15.2 Å². The Morgan fingerprint density at radius 1 is 1.31 bits per heavy atom. The van der Waals surface area contributed by atoms with Crippen LogP contribution in [0.5, 0.6) is 0 Å². The van der Waals surface area contributed by atoms with Crippen LogP contribution >= 0.6 is 0 Å². The van der Waals surface area contributed by atoms with Crippen molar-refractivity contribution in [3.63, 3.8) is 0 Å². The molecule has 0 bridgehead atoms. The molecular weight excluding hydrogens is 204 g/mol. The first-order valence-corrected chi connectivity index (χ1v) is 6.35. The Hall–Kier alpha value is -0.160. The summed E-state index contributed by atoms with van der Waals surface area (Å²) in [6.07, 6.45) is 1.34. The Balaban J connectivity index is 1.86. The molecule has 0 aromatic heterocycles. The number of hydrogen-bond acceptors (Lipinski definition) is 4. The van der Waals surface area contributed by atoms with Crippen LogP contribution in [-0.2, 0) is 9.47 Å².